The monoisotopic (exact) mass is 295 g/mol. The van der Waals surface area contributed by atoms with Gasteiger partial charge in [0.05, 0.1) is 17.3 Å². The Morgan fingerprint density at radius 2 is 2.00 bits per heavy atom. The van der Waals surface area contributed by atoms with E-state index in [4.69, 9.17) is 16.7 Å². The second-order valence-corrected chi connectivity index (χ2v) is 4.04. The second kappa shape index (κ2) is 5.62. The van der Waals surface area contributed by atoms with E-state index in [1.54, 1.807) is 0 Å². The van der Waals surface area contributed by atoms with Crippen LogP contribution in [0.2, 0.25) is 5.15 Å². The number of aromatic nitrogens is 2. The minimum absolute atomic E-state index is 0.0200. The maximum absolute atomic E-state index is 13.0. The summed E-state index contributed by atoms with van der Waals surface area (Å²) in [6.07, 6.45) is 1.97. The van der Waals surface area contributed by atoms with Gasteiger partial charge in [-0.15, -0.1) is 0 Å². The standard InChI is InChI=1S/C12H7ClFN3O3/c13-10-8(3-7(14)5-16-10)11(18)17-9-2-1-6(4-15-9)12(19)20/h1-5H,(H,19,20)(H,15,17,18). The largest absolute Gasteiger partial charge is 0.478 e. The number of pyridine rings is 2. The Kier molecular flexibility index (Phi) is 3.90. The Hall–Kier alpha value is -2.54. The van der Waals surface area contributed by atoms with E-state index >= 15 is 0 Å². The van der Waals surface area contributed by atoms with Crippen LogP contribution >= 0.6 is 11.6 Å². The number of aromatic carboxylic acids is 1. The molecule has 2 N–H and O–H groups in total. The predicted octanol–water partition coefficient (Wildman–Crippen LogP) is 2.22. The number of halogens is 2. The van der Waals surface area contributed by atoms with Gasteiger partial charge in [-0.3, -0.25) is 4.79 Å². The molecule has 0 bridgehead atoms. The van der Waals surface area contributed by atoms with Gasteiger partial charge < -0.3 is 10.4 Å². The Bertz CT molecular complexity index is 676. The minimum Gasteiger partial charge on any atom is -0.478 e. The highest BCUT2D eigenvalue weighted by atomic mass is 35.5. The van der Waals surface area contributed by atoms with E-state index in [1.165, 1.54) is 12.1 Å². The lowest BCUT2D eigenvalue weighted by Gasteiger charge is -2.05. The number of carbonyl (C=O) groups is 2. The van der Waals surface area contributed by atoms with Gasteiger partial charge in [0.25, 0.3) is 5.91 Å². The molecule has 20 heavy (non-hydrogen) atoms. The number of carboxylic acids is 1. The summed E-state index contributed by atoms with van der Waals surface area (Å²) in [4.78, 5) is 29.7. The zero-order valence-electron chi connectivity index (χ0n) is 9.80. The molecule has 8 heteroatoms. The summed E-state index contributed by atoms with van der Waals surface area (Å²) >= 11 is 5.69. The van der Waals surface area contributed by atoms with Crippen LogP contribution in [0, 0.1) is 5.82 Å². The van der Waals surface area contributed by atoms with Crippen molar-refractivity contribution < 1.29 is 19.1 Å². The summed E-state index contributed by atoms with van der Waals surface area (Å²) in [6, 6.07) is 3.52. The van der Waals surface area contributed by atoms with Gasteiger partial charge in [0.15, 0.2) is 0 Å². The third kappa shape index (κ3) is 3.07. The average Bonchev–Trinajstić information content (AvgIpc) is 2.42. The minimum atomic E-state index is -1.13. The first-order valence-electron chi connectivity index (χ1n) is 5.29. The molecule has 0 aliphatic carbocycles. The van der Waals surface area contributed by atoms with E-state index in [0.29, 0.717) is 0 Å². The summed E-state index contributed by atoms with van der Waals surface area (Å²) in [5.74, 6) is -2.42. The topological polar surface area (TPSA) is 92.2 Å². The Balaban J connectivity index is 2.19. The molecule has 0 unspecified atom stereocenters. The molecule has 0 radical (unpaired) electrons. The molecule has 0 saturated heterocycles. The molecule has 0 aliphatic rings. The lowest BCUT2D eigenvalue weighted by atomic mass is 10.2. The summed E-state index contributed by atoms with van der Waals surface area (Å²) in [6.45, 7) is 0. The smallest absolute Gasteiger partial charge is 0.337 e. The molecule has 6 nitrogen and oxygen atoms in total. The molecule has 0 aliphatic heterocycles. The van der Waals surface area contributed by atoms with Gasteiger partial charge in [0, 0.05) is 6.20 Å². The number of amides is 1. The quantitative estimate of drug-likeness (QED) is 0.847. The molecule has 0 saturated carbocycles. The van der Waals surface area contributed by atoms with Crippen molar-refractivity contribution in [1.29, 1.82) is 0 Å². The predicted molar refractivity (Wildman–Crippen MR) is 68.4 cm³/mol. The number of hydrogen-bond acceptors (Lipinski definition) is 4. The van der Waals surface area contributed by atoms with Crippen LogP contribution in [-0.2, 0) is 0 Å². The third-order valence-electron chi connectivity index (χ3n) is 2.30. The van der Waals surface area contributed by atoms with Crippen LogP contribution in [-0.4, -0.2) is 27.0 Å². The van der Waals surface area contributed by atoms with Crippen molar-refractivity contribution >= 4 is 29.3 Å². The van der Waals surface area contributed by atoms with E-state index in [0.717, 1.165) is 18.5 Å². The number of rotatable bonds is 3. The van der Waals surface area contributed by atoms with E-state index in [2.05, 4.69) is 15.3 Å². The van der Waals surface area contributed by atoms with Crippen LogP contribution in [0.5, 0.6) is 0 Å². The fourth-order valence-corrected chi connectivity index (χ4v) is 1.55. The van der Waals surface area contributed by atoms with Crippen molar-refractivity contribution in [3.8, 4) is 0 Å². The van der Waals surface area contributed by atoms with Crippen molar-refractivity contribution in [3.63, 3.8) is 0 Å². The van der Waals surface area contributed by atoms with Gasteiger partial charge >= 0.3 is 5.97 Å². The summed E-state index contributed by atoms with van der Waals surface area (Å²) in [5.41, 5.74) is -0.163. The van der Waals surface area contributed by atoms with Crippen LogP contribution in [0.15, 0.2) is 30.6 Å². The number of hydrogen-bond donors (Lipinski definition) is 2. The van der Waals surface area contributed by atoms with Gasteiger partial charge in [0.1, 0.15) is 16.8 Å². The van der Waals surface area contributed by atoms with Crippen molar-refractivity contribution in [2.75, 3.05) is 5.32 Å². The molecule has 2 rings (SSSR count). The maximum atomic E-state index is 13.0. The van der Waals surface area contributed by atoms with E-state index in [-0.39, 0.29) is 22.1 Å². The Morgan fingerprint density at radius 1 is 1.25 bits per heavy atom. The maximum Gasteiger partial charge on any atom is 0.337 e. The number of nitrogens with zero attached hydrogens (tertiary/aromatic N) is 2. The van der Waals surface area contributed by atoms with Gasteiger partial charge in [-0.1, -0.05) is 11.6 Å². The number of anilines is 1. The molecule has 0 fully saturated rings. The van der Waals surface area contributed by atoms with E-state index < -0.39 is 17.7 Å². The summed E-state index contributed by atoms with van der Waals surface area (Å²) < 4.78 is 13.0. The average molecular weight is 296 g/mol. The van der Waals surface area contributed by atoms with Gasteiger partial charge in [-0.25, -0.2) is 19.2 Å². The van der Waals surface area contributed by atoms with Gasteiger partial charge in [-0.05, 0) is 18.2 Å². The highest BCUT2D eigenvalue weighted by molar-refractivity contribution is 6.33. The highest BCUT2D eigenvalue weighted by Crippen LogP contribution is 2.15. The summed E-state index contributed by atoms with van der Waals surface area (Å²) in [5, 5.41) is 10.9. The molecule has 1 amide bonds. The third-order valence-corrected chi connectivity index (χ3v) is 2.60. The Labute approximate surface area is 117 Å². The Morgan fingerprint density at radius 3 is 2.60 bits per heavy atom. The van der Waals surface area contributed by atoms with Crippen molar-refractivity contribution in [2.24, 2.45) is 0 Å². The molecule has 102 valence electrons. The van der Waals surface area contributed by atoms with Crippen molar-refractivity contribution in [3.05, 3.63) is 52.7 Å². The SMILES string of the molecule is O=C(O)c1ccc(NC(=O)c2cc(F)cnc2Cl)nc1. The van der Waals surface area contributed by atoms with E-state index in [1.807, 2.05) is 0 Å². The molecule has 2 heterocycles. The fourth-order valence-electron chi connectivity index (χ4n) is 1.36. The fraction of sp³-hybridized carbons (Fsp3) is 0. The van der Waals surface area contributed by atoms with Gasteiger partial charge in [0.2, 0.25) is 0 Å². The number of carbonyl (C=O) groups excluding carboxylic acids is 1. The first-order chi connectivity index (χ1) is 9.47. The molecule has 2 aromatic rings. The van der Waals surface area contributed by atoms with Crippen LogP contribution in [0.4, 0.5) is 10.2 Å². The lowest BCUT2D eigenvalue weighted by molar-refractivity contribution is 0.0696. The molecule has 2 aromatic heterocycles. The van der Waals surface area contributed by atoms with Crippen LogP contribution in [0.3, 0.4) is 0 Å². The van der Waals surface area contributed by atoms with Crippen LogP contribution in [0.1, 0.15) is 20.7 Å². The van der Waals surface area contributed by atoms with Crippen molar-refractivity contribution in [2.45, 2.75) is 0 Å². The molecule has 0 atom stereocenters. The number of nitrogens with one attached hydrogen (secondary N) is 1. The molecule has 0 aromatic carbocycles. The summed E-state index contributed by atoms with van der Waals surface area (Å²) in [7, 11) is 0. The second-order valence-electron chi connectivity index (χ2n) is 3.68. The molecular formula is C12H7ClFN3O3. The normalized spacial score (nSPS) is 10.1. The molecule has 0 spiro atoms. The zero-order valence-corrected chi connectivity index (χ0v) is 10.6. The van der Waals surface area contributed by atoms with Crippen LogP contribution in [0.25, 0.3) is 0 Å². The zero-order chi connectivity index (χ0) is 14.7. The lowest BCUT2D eigenvalue weighted by Crippen LogP contribution is -2.14. The number of carboxylic acid groups (broad SMARTS) is 1. The highest BCUT2D eigenvalue weighted by Gasteiger charge is 2.13. The first-order valence-corrected chi connectivity index (χ1v) is 5.67. The van der Waals surface area contributed by atoms with Crippen LogP contribution < -0.4 is 5.32 Å². The first kappa shape index (κ1) is 13.9. The molecular weight excluding hydrogens is 289 g/mol. The van der Waals surface area contributed by atoms with E-state index in [9.17, 15) is 14.0 Å². The van der Waals surface area contributed by atoms with Crippen molar-refractivity contribution in [1.82, 2.24) is 9.97 Å². The van der Waals surface area contributed by atoms with Gasteiger partial charge in [-0.2, -0.15) is 0 Å².